The fourth-order valence-electron chi connectivity index (χ4n) is 3.26. The highest BCUT2D eigenvalue weighted by molar-refractivity contribution is 5.92. The topological polar surface area (TPSA) is 58.4 Å². The number of carbonyl (C=O) groups excluding carboxylic acids is 1. The van der Waals surface area contributed by atoms with Crippen LogP contribution in [-0.2, 0) is 0 Å². The van der Waals surface area contributed by atoms with Crippen molar-refractivity contribution in [1.82, 2.24) is 10.2 Å². The van der Waals surface area contributed by atoms with Crippen LogP contribution in [-0.4, -0.2) is 37.0 Å². The van der Waals surface area contributed by atoms with E-state index < -0.39 is 0 Å². The van der Waals surface area contributed by atoms with E-state index in [4.69, 9.17) is 5.73 Å². The normalized spacial score (nSPS) is 16.8. The van der Waals surface area contributed by atoms with Gasteiger partial charge in [-0.25, -0.2) is 0 Å². The van der Waals surface area contributed by atoms with Crippen LogP contribution in [0, 0.1) is 0 Å². The zero-order valence-electron chi connectivity index (χ0n) is 14.4. The lowest BCUT2D eigenvalue weighted by atomic mass is 9.99. The van der Waals surface area contributed by atoms with Gasteiger partial charge in [0.15, 0.2) is 0 Å². The molecule has 1 unspecified atom stereocenters. The van der Waals surface area contributed by atoms with Gasteiger partial charge in [-0.1, -0.05) is 54.6 Å². The Hall–Kier alpha value is -2.43. The Morgan fingerprint density at radius 3 is 2.40 bits per heavy atom. The molecule has 1 saturated heterocycles. The molecule has 0 spiro atoms. The Balaban J connectivity index is 1.77. The summed E-state index contributed by atoms with van der Waals surface area (Å²) in [7, 11) is 0. The van der Waals surface area contributed by atoms with E-state index in [0.29, 0.717) is 11.6 Å². The summed E-state index contributed by atoms with van der Waals surface area (Å²) in [6.07, 6.45) is 5.35. The van der Waals surface area contributed by atoms with Crippen LogP contribution in [0.4, 0.5) is 0 Å². The molecule has 130 valence electrons. The van der Waals surface area contributed by atoms with E-state index in [-0.39, 0.29) is 5.91 Å². The Labute approximate surface area is 149 Å². The van der Waals surface area contributed by atoms with Crippen LogP contribution in [0.15, 0.2) is 60.7 Å². The van der Waals surface area contributed by atoms with E-state index >= 15 is 0 Å². The second kappa shape index (κ2) is 8.60. The second-order valence-corrected chi connectivity index (χ2v) is 6.34. The number of primary amides is 1. The molecule has 0 bridgehead atoms. The molecular weight excluding hydrogens is 310 g/mol. The van der Waals surface area contributed by atoms with Crippen LogP contribution < -0.4 is 11.1 Å². The zero-order valence-corrected chi connectivity index (χ0v) is 14.4. The van der Waals surface area contributed by atoms with Gasteiger partial charge in [-0.2, -0.15) is 0 Å². The first-order valence-corrected chi connectivity index (χ1v) is 8.80. The summed E-state index contributed by atoms with van der Waals surface area (Å²) in [5.41, 5.74) is 8.36. The van der Waals surface area contributed by atoms with Crippen molar-refractivity contribution in [1.29, 1.82) is 0 Å². The van der Waals surface area contributed by atoms with Gasteiger partial charge < -0.3 is 11.1 Å². The number of nitrogens with zero attached hydrogens (tertiary/aromatic N) is 1. The first kappa shape index (κ1) is 17.4. The zero-order chi connectivity index (χ0) is 17.5. The molecule has 0 aliphatic carbocycles. The minimum atomic E-state index is -0.380. The monoisotopic (exact) mass is 335 g/mol. The molecule has 0 saturated carbocycles. The maximum atomic E-state index is 11.3. The Morgan fingerprint density at radius 2 is 1.76 bits per heavy atom. The van der Waals surface area contributed by atoms with E-state index in [1.807, 2.05) is 30.3 Å². The van der Waals surface area contributed by atoms with Crippen molar-refractivity contribution in [3.63, 3.8) is 0 Å². The molecule has 0 aromatic heterocycles. The van der Waals surface area contributed by atoms with Crippen molar-refractivity contribution >= 4 is 12.0 Å². The lowest BCUT2D eigenvalue weighted by Gasteiger charge is -2.35. The van der Waals surface area contributed by atoms with E-state index in [1.165, 1.54) is 11.1 Å². The number of nitrogens with one attached hydrogen (secondary N) is 1. The van der Waals surface area contributed by atoms with Crippen molar-refractivity contribution < 1.29 is 4.79 Å². The summed E-state index contributed by atoms with van der Waals surface area (Å²) in [6, 6.07) is 18.4. The average molecular weight is 335 g/mol. The highest BCUT2D eigenvalue weighted by Crippen LogP contribution is 2.26. The molecule has 2 aromatic rings. The van der Waals surface area contributed by atoms with Crippen molar-refractivity contribution in [2.24, 2.45) is 5.73 Å². The highest BCUT2D eigenvalue weighted by atomic mass is 16.1. The van der Waals surface area contributed by atoms with Gasteiger partial charge in [0.1, 0.15) is 0 Å². The Morgan fingerprint density at radius 1 is 1.08 bits per heavy atom. The van der Waals surface area contributed by atoms with Crippen LogP contribution in [0.2, 0.25) is 0 Å². The first-order chi connectivity index (χ1) is 12.2. The molecule has 2 aromatic carbocycles. The maximum absolute atomic E-state index is 11.3. The molecule has 3 rings (SSSR count). The van der Waals surface area contributed by atoms with Crippen LogP contribution in [0.25, 0.3) is 6.08 Å². The van der Waals surface area contributed by atoms with Gasteiger partial charge in [-0.3, -0.25) is 9.69 Å². The predicted octanol–water partition coefficient (Wildman–Crippen LogP) is 2.84. The van der Waals surface area contributed by atoms with Gasteiger partial charge in [-0.15, -0.1) is 0 Å². The Bertz CT molecular complexity index is 704. The van der Waals surface area contributed by atoms with Crippen LogP contribution in [0.5, 0.6) is 0 Å². The number of hydrogen-bond donors (Lipinski definition) is 2. The van der Waals surface area contributed by atoms with E-state index in [0.717, 1.165) is 32.6 Å². The number of nitrogens with two attached hydrogens (primary N) is 1. The minimum absolute atomic E-state index is 0.309. The third-order valence-electron chi connectivity index (χ3n) is 4.64. The molecule has 1 aliphatic heterocycles. The number of carbonyl (C=O) groups is 1. The lowest BCUT2D eigenvalue weighted by Crippen LogP contribution is -2.45. The van der Waals surface area contributed by atoms with Gasteiger partial charge in [0, 0.05) is 37.8 Å². The molecule has 3 N–H and O–H groups in total. The van der Waals surface area contributed by atoms with Crippen molar-refractivity contribution in [3.05, 3.63) is 77.4 Å². The van der Waals surface area contributed by atoms with E-state index in [1.54, 1.807) is 0 Å². The number of hydrogen-bond acceptors (Lipinski definition) is 3. The summed E-state index contributed by atoms with van der Waals surface area (Å²) >= 11 is 0. The van der Waals surface area contributed by atoms with Crippen LogP contribution in [0.3, 0.4) is 0 Å². The maximum Gasteiger partial charge on any atom is 0.248 e. The highest BCUT2D eigenvalue weighted by Gasteiger charge is 2.21. The van der Waals surface area contributed by atoms with Crippen molar-refractivity contribution in [3.8, 4) is 0 Å². The number of amides is 1. The molecule has 4 nitrogen and oxygen atoms in total. The summed E-state index contributed by atoms with van der Waals surface area (Å²) in [5.74, 6) is -0.380. The van der Waals surface area contributed by atoms with Crippen LogP contribution >= 0.6 is 0 Å². The van der Waals surface area contributed by atoms with Crippen LogP contribution in [0.1, 0.15) is 33.9 Å². The van der Waals surface area contributed by atoms with E-state index in [9.17, 15) is 4.79 Å². The molecule has 1 atom stereocenters. The molecular formula is C21H25N3O. The smallest absolute Gasteiger partial charge is 0.248 e. The largest absolute Gasteiger partial charge is 0.366 e. The van der Waals surface area contributed by atoms with Gasteiger partial charge in [-0.05, 0) is 29.7 Å². The third kappa shape index (κ3) is 4.78. The van der Waals surface area contributed by atoms with Crippen molar-refractivity contribution in [2.45, 2.75) is 12.5 Å². The molecule has 1 fully saturated rings. The molecule has 0 radical (unpaired) electrons. The average Bonchev–Trinajstić information content (AvgIpc) is 2.67. The van der Waals surface area contributed by atoms with Gasteiger partial charge in [0.2, 0.25) is 5.91 Å². The summed E-state index contributed by atoms with van der Waals surface area (Å²) in [4.78, 5) is 13.8. The molecule has 4 heteroatoms. The minimum Gasteiger partial charge on any atom is -0.366 e. The molecule has 1 amide bonds. The fourth-order valence-corrected chi connectivity index (χ4v) is 3.26. The standard InChI is InChI=1S/C21H25N3O/c22-21(25)19-11-9-18(10-12-19)20(24-15-13-23-14-16-24)8-4-7-17-5-2-1-3-6-17/h1-7,9-12,20,23H,8,13-16H2,(H2,22,25)/b7-4+. The first-order valence-electron chi connectivity index (χ1n) is 8.80. The van der Waals surface area contributed by atoms with Crippen molar-refractivity contribution in [2.75, 3.05) is 26.2 Å². The summed E-state index contributed by atoms with van der Waals surface area (Å²) in [6.45, 7) is 4.08. The number of benzene rings is 2. The lowest BCUT2D eigenvalue weighted by molar-refractivity contribution is 0.1000. The number of rotatable bonds is 6. The van der Waals surface area contributed by atoms with E-state index in [2.05, 4.69) is 46.6 Å². The quantitative estimate of drug-likeness (QED) is 0.853. The SMILES string of the molecule is NC(=O)c1ccc(C(C/C=C/c2ccccc2)N2CCNCC2)cc1. The Kier molecular flexibility index (Phi) is 5.99. The summed E-state index contributed by atoms with van der Waals surface area (Å²) < 4.78 is 0. The predicted molar refractivity (Wildman–Crippen MR) is 102 cm³/mol. The van der Waals surface area contributed by atoms with Gasteiger partial charge in [0.25, 0.3) is 0 Å². The fraction of sp³-hybridized carbons (Fsp3) is 0.286. The molecule has 1 heterocycles. The van der Waals surface area contributed by atoms with Gasteiger partial charge in [0.05, 0.1) is 0 Å². The third-order valence-corrected chi connectivity index (χ3v) is 4.64. The molecule has 1 aliphatic rings. The molecule has 25 heavy (non-hydrogen) atoms. The number of piperazine rings is 1. The second-order valence-electron chi connectivity index (χ2n) is 6.34. The summed E-state index contributed by atoms with van der Waals surface area (Å²) in [5, 5.41) is 3.41. The van der Waals surface area contributed by atoms with Gasteiger partial charge >= 0.3 is 0 Å².